The van der Waals surface area contributed by atoms with Crippen molar-refractivity contribution in [2.24, 2.45) is 0 Å². The minimum absolute atomic E-state index is 0.0321. The SMILES string of the molecule is CC1(C)OC2C=CC(NCc3c[nH]c4nc(N)[nH]c(=O)c34)C2O1. The predicted octanol–water partition coefficient (Wildman–Crippen LogP) is 0.382. The number of rotatable bonds is 3. The molecule has 1 aliphatic heterocycles. The molecule has 0 aromatic carbocycles. The van der Waals surface area contributed by atoms with Crippen molar-refractivity contribution in [1.29, 1.82) is 0 Å². The summed E-state index contributed by atoms with van der Waals surface area (Å²) in [4.78, 5) is 21.7. The minimum Gasteiger partial charge on any atom is -0.369 e. The van der Waals surface area contributed by atoms with Crippen molar-refractivity contribution in [3.8, 4) is 0 Å². The van der Waals surface area contributed by atoms with Crippen LogP contribution in [0.1, 0.15) is 19.4 Å². The summed E-state index contributed by atoms with van der Waals surface area (Å²) in [6, 6.07) is 0.0348. The highest BCUT2D eigenvalue weighted by Crippen LogP contribution is 2.34. The fourth-order valence-corrected chi connectivity index (χ4v) is 3.25. The van der Waals surface area contributed by atoms with Crippen molar-refractivity contribution >= 4 is 17.0 Å². The molecular formula is C15H19N5O3. The van der Waals surface area contributed by atoms with Crippen LogP contribution in [-0.2, 0) is 16.0 Å². The van der Waals surface area contributed by atoms with E-state index in [4.69, 9.17) is 15.2 Å². The Labute approximate surface area is 132 Å². The molecule has 0 saturated carbocycles. The topological polar surface area (TPSA) is 118 Å². The molecule has 5 N–H and O–H groups in total. The normalized spacial score (nSPS) is 28.5. The van der Waals surface area contributed by atoms with E-state index in [0.717, 1.165) is 5.56 Å². The van der Waals surface area contributed by atoms with Crippen LogP contribution in [0.25, 0.3) is 11.0 Å². The lowest BCUT2D eigenvalue weighted by atomic mass is 10.1. The molecule has 0 amide bonds. The lowest BCUT2D eigenvalue weighted by Crippen LogP contribution is -2.39. The molecule has 3 heterocycles. The molecule has 0 radical (unpaired) electrons. The third-order valence-corrected chi connectivity index (χ3v) is 4.20. The van der Waals surface area contributed by atoms with E-state index >= 15 is 0 Å². The first-order valence-corrected chi connectivity index (χ1v) is 7.56. The standard InChI is InChI=1S/C15H19N5O3/c1-15(2)22-9-4-3-8(11(9)23-15)17-5-7-6-18-12-10(7)13(21)20-14(16)19-12/h3-4,6,8-9,11,17H,5H2,1-2H3,(H4,16,18,19,20,21). The van der Waals surface area contributed by atoms with E-state index in [2.05, 4.69) is 20.3 Å². The number of anilines is 1. The first-order valence-electron chi connectivity index (χ1n) is 7.56. The van der Waals surface area contributed by atoms with E-state index in [1.165, 1.54) is 0 Å². The molecule has 2 aromatic heterocycles. The van der Waals surface area contributed by atoms with Crippen molar-refractivity contribution in [3.05, 3.63) is 34.3 Å². The number of H-pyrrole nitrogens is 2. The molecule has 8 nitrogen and oxygen atoms in total. The molecule has 1 saturated heterocycles. The van der Waals surface area contributed by atoms with Gasteiger partial charge in [0.1, 0.15) is 17.9 Å². The molecule has 122 valence electrons. The Morgan fingerprint density at radius 1 is 1.39 bits per heavy atom. The second-order valence-corrected chi connectivity index (χ2v) is 6.35. The highest BCUT2D eigenvalue weighted by Gasteiger charge is 2.46. The molecule has 8 heteroatoms. The molecule has 3 unspecified atom stereocenters. The molecule has 0 bridgehead atoms. The van der Waals surface area contributed by atoms with Gasteiger partial charge in [-0.2, -0.15) is 4.98 Å². The maximum absolute atomic E-state index is 12.1. The summed E-state index contributed by atoms with van der Waals surface area (Å²) in [7, 11) is 0. The largest absolute Gasteiger partial charge is 0.369 e. The number of nitrogen functional groups attached to an aromatic ring is 1. The quantitative estimate of drug-likeness (QED) is 0.608. The van der Waals surface area contributed by atoms with Crippen molar-refractivity contribution in [2.45, 2.75) is 44.4 Å². The molecule has 2 aliphatic rings. The van der Waals surface area contributed by atoms with Crippen molar-refractivity contribution in [2.75, 3.05) is 5.73 Å². The van der Waals surface area contributed by atoms with E-state index in [1.54, 1.807) is 6.20 Å². The third kappa shape index (κ3) is 2.44. The second-order valence-electron chi connectivity index (χ2n) is 6.35. The summed E-state index contributed by atoms with van der Waals surface area (Å²) >= 11 is 0. The zero-order valence-electron chi connectivity index (χ0n) is 12.9. The van der Waals surface area contributed by atoms with E-state index in [0.29, 0.717) is 17.6 Å². The smallest absolute Gasteiger partial charge is 0.262 e. The van der Waals surface area contributed by atoms with Crippen LogP contribution in [0.15, 0.2) is 23.1 Å². The zero-order valence-corrected chi connectivity index (χ0v) is 12.9. The summed E-state index contributed by atoms with van der Waals surface area (Å²) in [6.07, 6.45) is 5.74. The van der Waals surface area contributed by atoms with Gasteiger partial charge in [-0.15, -0.1) is 0 Å². The number of nitrogens with zero attached hydrogens (tertiary/aromatic N) is 1. The molecular weight excluding hydrogens is 298 g/mol. The molecule has 0 spiro atoms. The number of hydrogen-bond acceptors (Lipinski definition) is 6. The molecule has 2 aromatic rings. The number of aromatic amines is 2. The van der Waals surface area contributed by atoms with Crippen LogP contribution in [-0.4, -0.2) is 39.0 Å². The Morgan fingerprint density at radius 3 is 3.04 bits per heavy atom. The summed E-state index contributed by atoms with van der Waals surface area (Å²) in [6.45, 7) is 4.33. The number of nitrogens with two attached hydrogens (primary N) is 1. The number of nitrogens with one attached hydrogen (secondary N) is 3. The first kappa shape index (κ1) is 14.4. The van der Waals surface area contributed by atoms with Crippen LogP contribution in [0.5, 0.6) is 0 Å². The maximum atomic E-state index is 12.1. The van der Waals surface area contributed by atoms with Crippen LogP contribution in [0.4, 0.5) is 5.95 Å². The van der Waals surface area contributed by atoms with Gasteiger partial charge in [-0.3, -0.25) is 9.78 Å². The van der Waals surface area contributed by atoms with Gasteiger partial charge in [0.25, 0.3) is 5.56 Å². The summed E-state index contributed by atoms with van der Waals surface area (Å²) in [5, 5.41) is 3.93. The summed E-state index contributed by atoms with van der Waals surface area (Å²) < 4.78 is 11.7. The molecule has 1 fully saturated rings. The van der Waals surface area contributed by atoms with Gasteiger partial charge in [0.15, 0.2) is 5.79 Å². The van der Waals surface area contributed by atoms with Crippen molar-refractivity contribution in [1.82, 2.24) is 20.3 Å². The molecule has 3 atom stereocenters. The average molecular weight is 317 g/mol. The highest BCUT2D eigenvalue weighted by molar-refractivity contribution is 5.79. The number of fused-ring (bicyclic) bond motifs is 2. The van der Waals surface area contributed by atoms with E-state index in [1.807, 2.05) is 26.0 Å². The van der Waals surface area contributed by atoms with Crippen LogP contribution >= 0.6 is 0 Å². The third-order valence-electron chi connectivity index (χ3n) is 4.20. The van der Waals surface area contributed by atoms with Crippen LogP contribution in [0.2, 0.25) is 0 Å². The monoisotopic (exact) mass is 317 g/mol. The first-order chi connectivity index (χ1) is 10.9. The Kier molecular flexibility index (Phi) is 3.09. The lowest BCUT2D eigenvalue weighted by molar-refractivity contribution is -0.145. The van der Waals surface area contributed by atoms with E-state index in [9.17, 15) is 4.79 Å². The van der Waals surface area contributed by atoms with Crippen molar-refractivity contribution in [3.63, 3.8) is 0 Å². The minimum atomic E-state index is -0.570. The fourth-order valence-electron chi connectivity index (χ4n) is 3.25. The van der Waals surface area contributed by atoms with Crippen molar-refractivity contribution < 1.29 is 9.47 Å². The van der Waals surface area contributed by atoms with Gasteiger partial charge in [-0.05, 0) is 19.4 Å². The van der Waals surface area contributed by atoms with Gasteiger partial charge >= 0.3 is 0 Å². The van der Waals surface area contributed by atoms with Gasteiger partial charge in [0, 0.05) is 12.7 Å². The number of ether oxygens (including phenoxy) is 2. The lowest BCUT2D eigenvalue weighted by Gasteiger charge is -2.21. The highest BCUT2D eigenvalue weighted by atomic mass is 16.8. The summed E-state index contributed by atoms with van der Waals surface area (Å²) in [5.41, 5.74) is 6.63. The molecule has 1 aliphatic carbocycles. The number of aromatic nitrogens is 3. The van der Waals surface area contributed by atoms with Gasteiger partial charge in [0.05, 0.1) is 11.4 Å². The van der Waals surface area contributed by atoms with E-state index in [-0.39, 0.29) is 29.8 Å². The summed E-state index contributed by atoms with van der Waals surface area (Å²) in [5.74, 6) is -0.469. The Hall–Kier alpha value is -2.16. The second kappa shape index (κ2) is 4.92. The van der Waals surface area contributed by atoms with Gasteiger partial charge in [-0.25, -0.2) is 0 Å². The van der Waals surface area contributed by atoms with Crippen LogP contribution in [0, 0.1) is 0 Å². The number of hydrogen-bond donors (Lipinski definition) is 4. The Bertz CT molecular complexity index is 837. The predicted molar refractivity (Wildman–Crippen MR) is 84.7 cm³/mol. The van der Waals surface area contributed by atoms with Crippen LogP contribution < -0.4 is 16.6 Å². The average Bonchev–Trinajstić information content (AvgIpc) is 3.09. The Morgan fingerprint density at radius 2 is 2.22 bits per heavy atom. The maximum Gasteiger partial charge on any atom is 0.262 e. The van der Waals surface area contributed by atoms with Gasteiger partial charge in [0.2, 0.25) is 5.95 Å². The molecule has 23 heavy (non-hydrogen) atoms. The molecule has 4 rings (SSSR count). The zero-order chi connectivity index (χ0) is 16.2. The van der Waals surface area contributed by atoms with E-state index < -0.39 is 5.79 Å². The van der Waals surface area contributed by atoms with Gasteiger partial charge in [-0.1, -0.05) is 12.2 Å². The fraction of sp³-hybridized carbons (Fsp3) is 0.467. The van der Waals surface area contributed by atoms with Crippen LogP contribution in [0.3, 0.4) is 0 Å². The Balaban J connectivity index is 1.52. The van der Waals surface area contributed by atoms with Gasteiger partial charge < -0.3 is 25.5 Å².